The third kappa shape index (κ3) is 6.96. The van der Waals surface area contributed by atoms with Gasteiger partial charge in [-0.05, 0) is 85.7 Å². The molecule has 3 N–H and O–H groups in total. The van der Waals surface area contributed by atoms with Crippen molar-refractivity contribution in [3.63, 3.8) is 0 Å². The van der Waals surface area contributed by atoms with Gasteiger partial charge in [-0.1, -0.05) is 29.8 Å². The Morgan fingerprint density at radius 3 is 2.27 bits per heavy atom. The summed E-state index contributed by atoms with van der Waals surface area (Å²) in [5.41, 5.74) is 3.55. The van der Waals surface area contributed by atoms with Crippen LogP contribution in [0.15, 0.2) is 77.7 Å². The van der Waals surface area contributed by atoms with Crippen LogP contribution in [-0.2, 0) is 14.8 Å². The fourth-order valence-electron chi connectivity index (χ4n) is 2.91. The van der Waals surface area contributed by atoms with Gasteiger partial charge in [-0.15, -0.1) is 0 Å². The smallest absolute Gasteiger partial charge is 0.261 e. The van der Waals surface area contributed by atoms with Crippen molar-refractivity contribution in [2.75, 3.05) is 10.0 Å². The second-order valence-corrected chi connectivity index (χ2v) is 9.37. The number of rotatable bonds is 6. The molecule has 0 spiro atoms. The molecule has 0 atom stereocenters. The van der Waals surface area contributed by atoms with Gasteiger partial charge in [-0.2, -0.15) is 0 Å². The van der Waals surface area contributed by atoms with Crippen molar-refractivity contribution in [1.29, 1.82) is 0 Å². The van der Waals surface area contributed by atoms with Crippen molar-refractivity contribution >= 4 is 50.7 Å². The van der Waals surface area contributed by atoms with E-state index in [1.54, 1.807) is 30.3 Å². The summed E-state index contributed by atoms with van der Waals surface area (Å²) in [6.45, 7) is 3.77. The third-order valence-corrected chi connectivity index (χ3v) is 6.17. The highest BCUT2D eigenvalue weighted by atomic mass is 32.2. The molecule has 33 heavy (non-hydrogen) atoms. The molecule has 6 nitrogen and oxygen atoms in total. The second kappa shape index (κ2) is 10.4. The van der Waals surface area contributed by atoms with Gasteiger partial charge in [0, 0.05) is 11.8 Å². The van der Waals surface area contributed by atoms with E-state index in [9.17, 15) is 17.6 Å². The molecule has 3 rings (SSSR count). The molecule has 0 saturated heterocycles. The minimum atomic E-state index is -3.76. The van der Waals surface area contributed by atoms with Crippen molar-refractivity contribution in [2.45, 2.75) is 18.7 Å². The number of hydrogen-bond acceptors (Lipinski definition) is 4. The predicted molar refractivity (Wildman–Crippen MR) is 133 cm³/mol. The minimum Gasteiger partial charge on any atom is -0.332 e. The van der Waals surface area contributed by atoms with Crippen LogP contribution in [0, 0.1) is 19.7 Å². The monoisotopic (exact) mass is 483 g/mol. The van der Waals surface area contributed by atoms with Crippen LogP contribution in [0.3, 0.4) is 0 Å². The SMILES string of the molecule is Cc1ccc(NS(=O)(=O)c2ccc(NC(=S)NC(=O)/C=C/c3ccc(F)cc3)cc2)c(C)c1. The molecule has 3 aromatic carbocycles. The van der Waals surface area contributed by atoms with E-state index in [0.29, 0.717) is 16.9 Å². The van der Waals surface area contributed by atoms with Crippen LogP contribution in [0.2, 0.25) is 0 Å². The number of hydrogen-bond donors (Lipinski definition) is 3. The van der Waals surface area contributed by atoms with Gasteiger partial charge >= 0.3 is 0 Å². The zero-order valence-corrected chi connectivity index (χ0v) is 19.6. The van der Waals surface area contributed by atoms with E-state index in [0.717, 1.165) is 11.1 Å². The van der Waals surface area contributed by atoms with Crippen LogP contribution in [0.4, 0.5) is 15.8 Å². The Labute approximate surface area is 197 Å². The van der Waals surface area contributed by atoms with Crippen LogP contribution in [0.5, 0.6) is 0 Å². The van der Waals surface area contributed by atoms with Gasteiger partial charge in [0.05, 0.1) is 10.6 Å². The fourth-order valence-corrected chi connectivity index (χ4v) is 4.26. The first kappa shape index (κ1) is 24.1. The summed E-state index contributed by atoms with van der Waals surface area (Å²) < 4.78 is 40.9. The topological polar surface area (TPSA) is 87.3 Å². The largest absolute Gasteiger partial charge is 0.332 e. The molecule has 170 valence electrons. The van der Waals surface area contributed by atoms with Crippen LogP contribution in [0.1, 0.15) is 16.7 Å². The second-order valence-electron chi connectivity index (χ2n) is 7.28. The van der Waals surface area contributed by atoms with Gasteiger partial charge in [0.2, 0.25) is 5.91 Å². The van der Waals surface area contributed by atoms with Crippen molar-refractivity contribution in [3.8, 4) is 0 Å². The highest BCUT2D eigenvalue weighted by molar-refractivity contribution is 7.92. The quantitative estimate of drug-likeness (QED) is 0.347. The summed E-state index contributed by atoms with van der Waals surface area (Å²) in [6, 6.07) is 17.1. The molecule has 9 heteroatoms. The maximum Gasteiger partial charge on any atom is 0.261 e. The normalized spacial score (nSPS) is 11.2. The number of sulfonamides is 1. The van der Waals surface area contributed by atoms with E-state index in [1.165, 1.54) is 36.4 Å². The lowest BCUT2D eigenvalue weighted by Gasteiger charge is -2.12. The molecular weight excluding hydrogens is 461 g/mol. The molecule has 3 aromatic rings. The maximum absolute atomic E-state index is 12.9. The van der Waals surface area contributed by atoms with E-state index in [1.807, 2.05) is 26.0 Å². The molecule has 0 aromatic heterocycles. The Morgan fingerprint density at radius 2 is 1.64 bits per heavy atom. The number of thiocarbonyl (C=S) groups is 1. The molecule has 0 aliphatic carbocycles. The molecule has 1 amide bonds. The summed E-state index contributed by atoms with van der Waals surface area (Å²) in [4.78, 5) is 12.1. The number of carbonyl (C=O) groups is 1. The molecule has 0 unspecified atom stereocenters. The number of nitrogens with one attached hydrogen (secondary N) is 3. The number of aryl methyl sites for hydroxylation is 2. The zero-order valence-electron chi connectivity index (χ0n) is 17.9. The van der Waals surface area contributed by atoms with Crippen molar-refractivity contribution in [3.05, 3.63) is 95.3 Å². The van der Waals surface area contributed by atoms with Gasteiger partial charge in [-0.25, -0.2) is 12.8 Å². The van der Waals surface area contributed by atoms with E-state index in [-0.39, 0.29) is 15.8 Å². The molecule has 0 aliphatic rings. The molecule has 0 radical (unpaired) electrons. The lowest BCUT2D eigenvalue weighted by atomic mass is 10.1. The third-order valence-electron chi connectivity index (χ3n) is 4.58. The van der Waals surface area contributed by atoms with Crippen molar-refractivity contribution < 1.29 is 17.6 Å². The Kier molecular flexibility index (Phi) is 7.57. The van der Waals surface area contributed by atoms with Crippen LogP contribution < -0.4 is 15.4 Å². The standard InChI is InChI=1S/C24H22FN3O3S2/c1-16-3-13-22(17(2)15-16)28-33(30,31)21-11-9-20(10-12-21)26-24(32)27-23(29)14-6-18-4-7-19(25)8-5-18/h3-15,28H,1-2H3,(H2,26,27,29,32)/b14-6+. The first-order valence-corrected chi connectivity index (χ1v) is 11.8. The molecular formula is C24H22FN3O3S2. The van der Waals surface area contributed by atoms with Crippen LogP contribution in [0.25, 0.3) is 6.08 Å². The molecule has 0 aliphatic heterocycles. The average Bonchev–Trinajstić information content (AvgIpc) is 2.75. The van der Waals surface area contributed by atoms with E-state index in [2.05, 4.69) is 15.4 Å². The molecule has 0 heterocycles. The molecule has 0 fully saturated rings. The lowest BCUT2D eigenvalue weighted by molar-refractivity contribution is -0.115. The Bertz CT molecular complexity index is 1300. The van der Waals surface area contributed by atoms with Crippen molar-refractivity contribution in [2.24, 2.45) is 0 Å². The van der Waals surface area contributed by atoms with E-state index in [4.69, 9.17) is 12.2 Å². The van der Waals surface area contributed by atoms with Gasteiger partial charge < -0.3 is 5.32 Å². The summed E-state index contributed by atoms with van der Waals surface area (Å²) in [6.07, 6.45) is 2.80. The number of benzene rings is 3. The maximum atomic E-state index is 12.9. The fraction of sp³-hybridized carbons (Fsp3) is 0.0833. The molecule has 0 saturated carbocycles. The van der Waals surface area contributed by atoms with Crippen LogP contribution >= 0.6 is 12.2 Å². The van der Waals surface area contributed by atoms with E-state index < -0.39 is 15.9 Å². The van der Waals surface area contributed by atoms with E-state index >= 15 is 0 Å². The highest BCUT2D eigenvalue weighted by Gasteiger charge is 2.15. The Balaban J connectivity index is 1.58. The highest BCUT2D eigenvalue weighted by Crippen LogP contribution is 2.21. The first-order valence-electron chi connectivity index (χ1n) is 9.88. The number of halogens is 1. The lowest BCUT2D eigenvalue weighted by Crippen LogP contribution is -2.32. The summed E-state index contributed by atoms with van der Waals surface area (Å²) >= 11 is 5.12. The van der Waals surface area contributed by atoms with Gasteiger partial charge in [0.25, 0.3) is 10.0 Å². The predicted octanol–water partition coefficient (Wildman–Crippen LogP) is 4.77. The number of anilines is 2. The first-order chi connectivity index (χ1) is 15.6. The van der Waals surface area contributed by atoms with Gasteiger partial charge in [0.15, 0.2) is 5.11 Å². The average molecular weight is 484 g/mol. The minimum absolute atomic E-state index is 0.0489. The van der Waals surface area contributed by atoms with Gasteiger partial charge in [-0.3, -0.25) is 14.8 Å². The zero-order chi connectivity index (χ0) is 24.0. The van der Waals surface area contributed by atoms with Crippen LogP contribution in [-0.4, -0.2) is 19.4 Å². The number of amides is 1. The summed E-state index contributed by atoms with van der Waals surface area (Å²) in [5.74, 6) is -0.824. The number of carbonyl (C=O) groups excluding carboxylic acids is 1. The summed E-state index contributed by atoms with van der Waals surface area (Å²) in [5, 5.41) is 5.36. The molecule has 0 bridgehead atoms. The van der Waals surface area contributed by atoms with Crippen molar-refractivity contribution in [1.82, 2.24) is 5.32 Å². The Hall–Kier alpha value is -3.56. The Morgan fingerprint density at radius 1 is 0.970 bits per heavy atom. The summed E-state index contributed by atoms with van der Waals surface area (Å²) in [7, 11) is -3.76. The van der Waals surface area contributed by atoms with Gasteiger partial charge in [0.1, 0.15) is 5.82 Å².